The monoisotopic (exact) mass is 201 g/mol. The molecule has 1 aromatic rings. The summed E-state index contributed by atoms with van der Waals surface area (Å²) in [5, 5.41) is 4.05. The van der Waals surface area contributed by atoms with Crippen LogP contribution in [0, 0.1) is 0 Å². The Balaban J connectivity index is 2.23. The molecule has 0 bridgehead atoms. The van der Waals surface area contributed by atoms with E-state index in [9.17, 15) is 0 Å². The smallest absolute Gasteiger partial charge is 0.106 e. The molecule has 2 nitrogen and oxygen atoms in total. The first-order valence-electron chi connectivity index (χ1n) is 5.26. The van der Waals surface area contributed by atoms with E-state index in [2.05, 4.69) is 35.5 Å². The first-order valence-corrected chi connectivity index (χ1v) is 5.26. The third-order valence-corrected chi connectivity index (χ3v) is 2.57. The molecule has 0 unspecified atom stereocenters. The molecular weight excluding hydrogens is 186 g/mol. The number of hydrogen-bond donors (Lipinski definition) is 0. The molecule has 0 amide bonds. The number of benzene rings is 1. The lowest BCUT2D eigenvalue weighted by atomic mass is 10.1. The number of allylic oxidation sites excluding steroid dienone is 1. The minimum absolute atomic E-state index is 1.03. The highest BCUT2D eigenvalue weighted by atomic mass is 16.6. The van der Waals surface area contributed by atoms with Crippen molar-refractivity contribution in [3.8, 4) is 0 Å². The zero-order chi connectivity index (χ0) is 10.5. The molecule has 0 saturated heterocycles. The van der Waals surface area contributed by atoms with Crippen molar-refractivity contribution in [1.29, 1.82) is 0 Å². The summed E-state index contributed by atoms with van der Waals surface area (Å²) in [7, 11) is 1.60. The highest BCUT2D eigenvalue weighted by molar-refractivity contribution is 6.05. The molecule has 1 aliphatic rings. The molecule has 0 spiro atoms. The maximum Gasteiger partial charge on any atom is 0.106 e. The molecule has 1 saturated carbocycles. The average Bonchev–Trinajstić information content (AvgIpc) is 2.68. The van der Waals surface area contributed by atoms with Gasteiger partial charge >= 0.3 is 0 Å². The van der Waals surface area contributed by atoms with E-state index in [1.165, 1.54) is 17.6 Å². The fourth-order valence-electron chi connectivity index (χ4n) is 1.87. The van der Waals surface area contributed by atoms with Crippen LogP contribution in [0.4, 0.5) is 0 Å². The van der Waals surface area contributed by atoms with E-state index in [1.54, 1.807) is 7.11 Å². The normalized spacial score (nSPS) is 21.1. The van der Waals surface area contributed by atoms with Gasteiger partial charge in [-0.1, -0.05) is 35.5 Å². The quantitative estimate of drug-likeness (QED) is 0.673. The van der Waals surface area contributed by atoms with Crippen molar-refractivity contribution < 1.29 is 4.84 Å². The van der Waals surface area contributed by atoms with Gasteiger partial charge < -0.3 is 4.84 Å². The van der Waals surface area contributed by atoms with Gasteiger partial charge in [-0.2, -0.15) is 0 Å². The van der Waals surface area contributed by atoms with Crippen LogP contribution < -0.4 is 0 Å². The maximum atomic E-state index is 4.84. The topological polar surface area (TPSA) is 21.6 Å². The van der Waals surface area contributed by atoms with E-state index < -0.39 is 0 Å². The Morgan fingerprint density at radius 1 is 1.20 bits per heavy atom. The molecule has 1 fully saturated rings. The van der Waals surface area contributed by atoms with Gasteiger partial charge in [0.2, 0.25) is 0 Å². The lowest BCUT2D eigenvalue weighted by molar-refractivity contribution is 0.213. The second-order valence-corrected chi connectivity index (χ2v) is 3.65. The van der Waals surface area contributed by atoms with Crippen LogP contribution in [0.1, 0.15) is 24.8 Å². The summed E-state index contributed by atoms with van der Waals surface area (Å²) in [6, 6.07) is 10.3. The summed E-state index contributed by atoms with van der Waals surface area (Å²) < 4.78 is 0. The second kappa shape index (κ2) is 4.78. The molecule has 0 atom stereocenters. The summed E-state index contributed by atoms with van der Waals surface area (Å²) >= 11 is 0. The van der Waals surface area contributed by atoms with Gasteiger partial charge in [0.1, 0.15) is 7.11 Å². The zero-order valence-corrected chi connectivity index (χ0v) is 8.94. The summed E-state index contributed by atoms with van der Waals surface area (Å²) in [5.41, 5.74) is 3.64. The van der Waals surface area contributed by atoms with E-state index in [0.29, 0.717) is 0 Å². The molecule has 0 N–H and O–H groups in total. The molecule has 0 aromatic heterocycles. The van der Waals surface area contributed by atoms with Crippen LogP contribution in [0.3, 0.4) is 0 Å². The van der Waals surface area contributed by atoms with Crippen molar-refractivity contribution in [2.75, 3.05) is 7.11 Å². The Labute approximate surface area is 90.3 Å². The van der Waals surface area contributed by atoms with Crippen molar-refractivity contribution in [2.45, 2.75) is 19.3 Å². The highest BCUT2D eigenvalue weighted by Gasteiger charge is 2.15. The molecule has 1 aromatic carbocycles. The van der Waals surface area contributed by atoms with Crippen molar-refractivity contribution in [2.24, 2.45) is 5.16 Å². The molecule has 1 aliphatic carbocycles. The Morgan fingerprint density at radius 2 is 2.00 bits per heavy atom. The van der Waals surface area contributed by atoms with Gasteiger partial charge in [0.05, 0.1) is 5.71 Å². The fourth-order valence-corrected chi connectivity index (χ4v) is 1.87. The molecular formula is C13H15NO. The number of oxime groups is 1. The van der Waals surface area contributed by atoms with Gasteiger partial charge in [0, 0.05) is 0 Å². The molecule has 0 heterocycles. The van der Waals surface area contributed by atoms with Crippen LogP contribution in [0.5, 0.6) is 0 Å². The zero-order valence-electron chi connectivity index (χ0n) is 8.94. The van der Waals surface area contributed by atoms with Gasteiger partial charge in [-0.05, 0) is 36.5 Å². The molecule has 2 rings (SSSR count). The molecule has 15 heavy (non-hydrogen) atoms. The average molecular weight is 201 g/mol. The molecule has 2 heteroatoms. The van der Waals surface area contributed by atoms with Crippen LogP contribution in [0.15, 0.2) is 41.1 Å². The van der Waals surface area contributed by atoms with Crippen molar-refractivity contribution in [3.63, 3.8) is 0 Å². The minimum Gasteiger partial charge on any atom is -0.399 e. The Hall–Kier alpha value is -1.57. The fraction of sp³-hybridized carbons (Fsp3) is 0.308. The van der Waals surface area contributed by atoms with Crippen LogP contribution in [-0.2, 0) is 4.84 Å². The Bertz CT molecular complexity index is 379. The van der Waals surface area contributed by atoms with E-state index in [0.717, 1.165) is 18.6 Å². The predicted molar refractivity (Wildman–Crippen MR) is 62.7 cm³/mol. The predicted octanol–water partition coefficient (Wildman–Crippen LogP) is 3.26. The van der Waals surface area contributed by atoms with Crippen molar-refractivity contribution >= 4 is 11.8 Å². The highest BCUT2D eigenvalue weighted by Crippen LogP contribution is 2.24. The number of rotatable bonds is 2. The Morgan fingerprint density at radius 3 is 2.73 bits per heavy atom. The third-order valence-electron chi connectivity index (χ3n) is 2.57. The van der Waals surface area contributed by atoms with Crippen LogP contribution in [0.2, 0.25) is 0 Å². The first-order chi connectivity index (χ1) is 7.40. The van der Waals surface area contributed by atoms with E-state index >= 15 is 0 Å². The van der Waals surface area contributed by atoms with Crippen molar-refractivity contribution in [3.05, 3.63) is 41.5 Å². The van der Waals surface area contributed by atoms with E-state index in [4.69, 9.17) is 4.84 Å². The van der Waals surface area contributed by atoms with E-state index in [1.807, 2.05) is 6.07 Å². The lowest BCUT2D eigenvalue weighted by Crippen LogP contribution is -1.94. The van der Waals surface area contributed by atoms with Crippen LogP contribution >= 0.6 is 0 Å². The SMILES string of the molecule is CO/N=C1\CCC\C1=C/c1ccccc1. The van der Waals surface area contributed by atoms with Gasteiger partial charge in [-0.3, -0.25) is 0 Å². The molecule has 0 aliphatic heterocycles. The summed E-state index contributed by atoms with van der Waals surface area (Å²) in [5.74, 6) is 0. The van der Waals surface area contributed by atoms with Crippen LogP contribution in [-0.4, -0.2) is 12.8 Å². The number of hydrogen-bond acceptors (Lipinski definition) is 2. The first kappa shape index (κ1) is 9.97. The second-order valence-electron chi connectivity index (χ2n) is 3.65. The summed E-state index contributed by atoms with van der Waals surface area (Å²) in [4.78, 5) is 4.84. The molecule has 0 radical (unpaired) electrons. The summed E-state index contributed by atoms with van der Waals surface area (Å²) in [6.45, 7) is 0. The largest absolute Gasteiger partial charge is 0.399 e. The Kier molecular flexibility index (Phi) is 3.18. The van der Waals surface area contributed by atoms with Gasteiger partial charge in [-0.25, -0.2) is 0 Å². The van der Waals surface area contributed by atoms with E-state index in [-0.39, 0.29) is 0 Å². The minimum atomic E-state index is 1.03. The van der Waals surface area contributed by atoms with Gasteiger partial charge in [0.15, 0.2) is 0 Å². The van der Waals surface area contributed by atoms with Crippen LogP contribution in [0.25, 0.3) is 6.08 Å². The van der Waals surface area contributed by atoms with Gasteiger partial charge in [0.25, 0.3) is 0 Å². The van der Waals surface area contributed by atoms with Gasteiger partial charge in [-0.15, -0.1) is 0 Å². The third kappa shape index (κ3) is 2.46. The number of nitrogens with zero attached hydrogens (tertiary/aromatic N) is 1. The maximum absolute atomic E-state index is 4.84. The summed E-state index contributed by atoms with van der Waals surface area (Å²) in [6.07, 6.45) is 5.52. The standard InChI is InChI=1S/C13H15NO/c1-15-14-13-9-5-8-12(13)10-11-6-3-2-4-7-11/h2-4,6-7,10H,5,8-9H2,1H3/b12-10+,14-13+. The lowest BCUT2D eigenvalue weighted by Gasteiger charge is -1.99. The molecule has 78 valence electrons. The van der Waals surface area contributed by atoms with Crippen molar-refractivity contribution in [1.82, 2.24) is 0 Å².